The number of rotatable bonds is 7. The Morgan fingerprint density at radius 1 is 1.13 bits per heavy atom. The van der Waals surface area contributed by atoms with Gasteiger partial charge in [0, 0.05) is 17.8 Å². The first-order valence-corrected chi connectivity index (χ1v) is 9.16. The lowest BCUT2D eigenvalue weighted by atomic mass is 10.1. The molecule has 0 bridgehead atoms. The van der Waals surface area contributed by atoms with Gasteiger partial charge in [-0.1, -0.05) is 30.3 Å². The SMILES string of the molecule is COC(=O)C(Cc1ccccc1)NC(=O)COC(=O)c1nc2nc(C)cc(C)n2n1. The highest BCUT2D eigenvalue weighted by Gasteiger charge is 2.23. The van der Waals surface area contributed by atoms with Crippen LogP contribution in [0.25, 0.3) is 5.78 Å². The summed E-state index contributed by atoms with van der Waals surface area (Å²) in [5.41, 5.74) is 2.33. The van der Waals surface area contributed by atoms with Gasteiger partial charge in [-0.05, 0) is 25.5 Å². The maximum atomic E-state index is 12.2. The smallest absolute Gasteiger partial charge is 0.378 e. The third-order valence-corrected chi connectivity index (χ3v) is 4.24. The predicted octanol–water partition coefficient (Wildman–Crippen LogP) is 0.798. The number of aromatic nitrogens is 4. The molecule has 0 aliphatic rings. The molecule has 10 heteroatoms. The largest absolute Gasteiger partial charge is 0.467 e. The fourth-order valence-electron chi connectivity index (χ4n) is 2.87. The Hall–Kier alpha value is -3.82. The van der Waals surface area contributed by atoms with Gasteiger partial charge in [0.15, 0.2) is 6.61 Å². The van der Waals surface area contributed by atoms with Gasteiger partial charge in [0.1, 0.15) is 6.04 Å². The Kier molecular flexibility index (Phi) is 6.35. The number of aryl methyl sites for hydroxylation is 2. The van der Waals surface area contributed by atoms with Crippen molar-refractivity contribution in [2.24, 2.45) is 0 Å². The number of esters is 2. The molecule has 0 radical (unpaired) electrons. The van der Waals surface area contributed by atoms with Crippen molar-refractivity contribution in [1.82, 2.24) is 24.9 Å². The Labute approximate surface area is 172 Å². The lowest BCUT2D eigenvalue weighted by Gasteiger charge is -2.16. The summed E-state index contributed by atoms with van der Waals surface area (Å²) in [6, 6.07) is 10.0. The van der Waals surface area contributed by atoms with Crippen molar-refractivity contribution in [3.8, 4) is 0 Å². The molecule has 2 heterocycles. The zero-order chi connectivity index (χ0) is 21.7. The standard InChI is InChI=1S/C20H21N5O5/c1-12-9-13(2)25-20(21-12)23-17(24-25)19(28)30-11-16(26)22-15(18(27)29-3)10-14-7-5-4-6-8-14/h4-9,15H,10-11H2,1-3H3,(H,22,26). The molecule has 2 aromatic heterocycles. The topological polar surface area (TPSA) is 125 Å². The highest BCUT2D eigenvalue weighted by Crippen LogP contribution is 2.07. The lowest BCUT2D eigenvalue weighted by molar-refractivity contribution is -0.145. The molecule has 10 nitrogen and oxygen atoms in total. The minimum atomic E-state index is -0.910. The van der Waals surface area contributed by atoms with Crippen LogP contribution >= 0.6 is 0 Å². The van der Waals surface area contributed by atoms with Gasteiger partial charge in [0.2, 0.25) is 0 Å². The lowest BCUT2D eigenvalue weighted by Crippen LogP contribution is -2.44. The van der Waals surface area contributed by atoms with Crippen molar-refractivity contribution in [3.63, 3.8) is 0 Å². The number of benzene rings is 1. The van der Waals surface area contributed by atoms with Gasteiger partial charge in [-0.2, -0.15) is 4.98 Å². The number of hydrogen-bond donors (Lipinski definition) is 1. The second kappa shape index (κ2) is 9.12. The molecular weight excluding hydrogens is 390 g/mol. The van der Waals surface area contributed by atoms with Crippen LogP contribution in [0, 0.1) is 13.8 Å². The Morgan fingerprint density at radius 2 is 1.87 bits per heavy atom. The molecule has 3 rings (SSSR count). The summed E-state index contributed by atoms with van der Waals surface area (Å²) < 4.78 is 11.1. The van der Waals surface area contributed by atoms with Crippen molar-refractivity contribution in [2.45, 2.75) is 26.3 Å². The first-order valence-electron chi connectivity index (χ1n) is 9.16. The maximum Gasteiger partial charge on any atom is 0.378 e. The molecule has 0 aliphatic carbocycles. The van der Waals surface area contributed by atoms with Gasteiger partial charge in [0.05, 0.1) is 7.11 Å². The predicted molar refractivity (Wildman–Crippen MR) is 105 cm³/mol. The van der Waals surface area contributed by atoms with Gasteiger partial charge in [0.25, 0.3) is 17.5 Å². The van der Waals surface area contributed by atoms with E-state index in [2.05, 4.69) is 20.4 Å². The van der Waals surface area contributed by atoms with E-state index in [1.54, 1.807) is 19.9 Å². The van der Waals surface area contributed by atoms with Crippen molar-refractivity contribution < 1.29 is 23.9 Å². The van der Waals surface area contributed by atoms with Crippen LogP contribution in [0.2, 0.25) is 0 Å². The summed E-state index contributed by atoms with van der Waals surface area (Å²) in [5, 5.41) is 6.57. The summed E-state index contributed by atoms with van der Waals surface area (Å²) in [6.07, 6.45) is 0.242. The number of nitrogens with one attached hydrogen (secondary N) is 1. The van der Waals surface area contributed by atoms with Crippen LogP contribution in [0.5, 0.6) is 0 Å². The van der Waals surface area contributed by atoms with E-state index < -0.39 is 30.5 Å². The molecule has 1 aromatic carbocycles. The summed E-state index contributed by atoms with van der Waals surface area (Å²) in [6.45, 7) is 3.01. The second-order valence-corrected chi connectivity index (χ2v) is 6.60. The molecule has 0 aliphatic heterocycles. The number of hydrogen-bond acceptors (Lipinski definition) is 8. The van der Waals surface area contributed by atoms with Crippen LogP contribution in [0.1, 0.15) is 27.6 Å². The van der Waals surface area contributed by atoms with Gasteiger partial charge in [-0.15, -0.1) is 5.10 Å². The molecule has 0 fully saturated rings. The highest BCUT2D eigenvalue weighted by atomic mass is 16.5. The van der Waals surface area contributed by atoms with Crippen LogP contribution in [0.3, 0.4) is 0 Å². The van der Waals surface area contributed by atoms with Gasteiger partial charge < -0.3 is 14.8 Å². The zero-order valence-electron chi connectivity index (χ0n) is 16.8. The van der Waals surface area contributed by atoms with E-state index in [0.717, 1.165) is 17.0 Å². The van der Waals surface area contributed by atoms with Crippen molar-refractivity contribution in [1.29, 1.82) is 0 Å². The van der Waals surface area contributed by atoms with Crippen molar-refractivity contribution >= 4 is 23.6 Å². The van der Waals surface area contributed by atoms with Gasteiger partial charge in [-0.3, -0.25) is 4.79 Å². The minimum Gasteiger partial charge on any atom is -0.467 e. The average molecular weight is 411 g/mol. The molecule has 0 saturated heterocycles. The summed E-state index contributed by atoms with van der Waals surface area (Å²) >= 11 is 0. The first-order chi connectivity index (χ1) is 14.4. The maximum absolute atomic E-state index is 12.2. The van der Waals surface area contributed by atoms with Crippen LogP contribution in [-0.4, -0.2) is 57.2 Å². The normalized spacial score (nSPS) is 11.7. The molecule has 3 aromatic rings. The molecule has 1 atom stereocenters. The molecule has 0 saturated carbocycles. The number of carbonyl (C=O) groups is 3. The molecular formula is C20H21N5O5. The molecule has 156 valence electrons. The Morgan fingerprint density at radius 3 is 2.57 bits per heavy atom. The number of methoxy groups -OCH3 is 1. The molecule has 1 amide bonds. The van der Waals surface area contributed by atoms with E-state index >= 15 is 0 Å². The monoisotopic (exact) mass is 411 g/mol. The molecule has 1 unspecified atom stereocenters. The van der Waals surface area contributed by atoms with E-state index in [4.69, 9.17) is 9.47 Å². The second-order valence-electron chi connectivity index (χ2n) is 6.60. The minimum absolute atomic E-state index is 0.210. The van der Waals surface area contributed by atoms with Crippen molar-refractivity contribution in [3.05, 3.63) is 59.2 Å². The fourth-order valence-corrected chi connectivity index (χ4v) is 2.87. The quantitative estimate of drug-likeness (QED) is 0.566. The highest BCUT2D eigenvalue weighted by molar-refractivity contribution is 5.89. The van der Waals surface area contributed by atoms with Gasteiger partial charge in [-0.25, -0.2) is 19.1 Å². The summed E-state index contributed by atoms with van der Waals surface area (Å²) in [7, 11) is 1.24. The Bertz CT molecular complexity index is 1080. The van der Waals surface area contributed by atoms with E-state index in [0.29, 0.717) is 0 Å². The average Bonchev–Trinajstić information content (AvgIpc) is 3.16. The van der Waals surface area contributed by atoms with E-state index in [9.17, 15) is 14.4 Å². The number of amides is 1. The van der Waals surface area contributed by atoms with Crippen LogP contribution in [-0.2, 0) is 25.5 Å². The summed E-state index contributed by atoms with van der Waals surface area (Å²) in [4.78, 5) is 44.7. The Balaban J connectivity index is 1.61. The summed E-state index contributed by atoms with van der Waals surface area (Å²) in [5.74, 6) is -2.07. The number of nitrogens with zero attached hydrogens (tertiary/aromatic N) is 4. The third kappa shape index (κ3) is 4.96. The van der Waals surface area contributed by atoms with E-state index in [-0.39, 0.29) is 18.0 Å². The van der Waals surface area contributed by atoms with Crippen LogP contribution in [0.4, 0.5) is 0 Å². The molecule has 0 spiro atoms. The number of fused-ring (bicyclic) bond motifs is 1. The zero-order valence-corrected chi connectivity index (χ0v) is 16.8. The number of carbonyl (C=O) groups excluding carboxylic acids is 3. The molecule has 1 N–H and O–H groups in total. The molecule has 30 heavy (non-hydrogen) atoms. The fraction of sp³-hybridized carbons (Fsp3) is 0.300. The van der Waals surface area contributed by atoms with E-state index in [1.807, 2.05) is 30.3 Å². The number of ether oxygens (including phenoxy) is 2. The van der Waals surface area contributed by atoms with Crippen LogP contribution in [0.15, 0.2) is 36.4 Å². The first kappa shape index (κ1) is 20.9. The third-order valence-electron chi connectivity index (χ3n) is 4.24. The van der Waals surface area contributed by atoms with E-state index in [1.165, 1.54) is 11.6 Å². The van der Waals surface area contributed by atoms with Crippen molar-refractivity contribution in [2.75, 3.05) is 13.7 Å². The van der Waals surface area contributed by atoms with Crippen LogP contribution < -0.4 is 5.32 Å². The van der Waals surface area contributed by atoms with Gasteiger partial charge >= 0.3 is 11.9 Å².